The summed E-state index contributed by atoms with van der Waals surface area (Å²) in [7, 11) is 0. The van der Waals surface area contributed by atoms with E-state index in [1.54, 1.807) is 16.4 Å². The van der Waals surface area contributed by atoms with E-state index in [9.17, 15) is 14.0 Å². The third kappa shape index (κ3) is 4.64. The van der Waals surface area contributed by atoms with Crippen LogP contribution in [0.15, 0.2) is 40.5 Å². The Balaban J connectivity index is 1.42. The Kier molecular flexibility index (Phi) is 7.29. The minimum absolute atomic E-state index is 0.0237. The molecule has 0 saturated carbocycles. The van der Waals surface area contributed by atoms with Gasteiger partial charge in [0.05, 0.1) is 23.8 Å². The molecule has 7 rings (SSSR count). The summed E-state index contributed by atoms with van der Waals surface area (Å²) in [6, 6.07) is 3.11. The Bertz CT molecular complexity index is 1730. The Morgan fingerprint density at radius 2 is 1.75 bits per heavy atom. The Labute approximate surface area is 257 Å². The van der Waals surface area contributed by atoms with Crippen LogP contribution in [0.25, 0.3) is 22.0 Å². The quantitative estimate of drug-likeness (QED) is 0.400. The average Bonchev–Trinajstić information content (AvgIpc) is 3.54. The number of aromatic nitrogens is 2. The molecule has 3 fully saturated rings. The minimum atomic E-state index is -0.995. The number of halogens is 3. The smallest absolute Gasteiger partial charge is 0.350 e. The first kappa shape index (κ1) is 29.4. The van der Waals surface area contributed by atoms with Gasteiger partial charge in [0, 0.05) is 84.1 Å². The second-order valence-corrected chi connectivity index (χ2v) is 13.5. The molecule has 232 valence electrons. The van der Waals surface area contributed by atoms with Gasteiger partial charge in [-0.1, -0.05) is 6.58 Å². The van der Waals surface area contributed by atoms with E-state index >= 15 is 8.78 Å². The number of hydrogen-bond acceptors (Lipinski definition) is 7. The van der Waals surface area contributed by atoms with E-state index in [1.807, 2.05) is 24.8 Å². The highest BCUT2D eigenvalue weighted by molar-refractivity contribution is 7.99. The van der Waals surface area contributed by atoms with Gasteiger partial charge in [0.15, 0.2) is 0 Å². The lowest BCUT2D eigenvalue weighted by molar-refractivity contribution is -0.130. The Morgan fingerprint density at radius 3 is 2.36 bits per heavy atom. The first-order chi connectivity index (χ1) is 21.0. The fourth-order valence-corrected chi connectivity index (χ4v) is 9.14. The van der Waals surface area contributed by atoms with E-state index < -0.39 is 23.1 Å². The monoisotopic (exact) mass is 625 g/mol. The van der Waals surface area contributed by atoms with E-state index in [4.69, 9.17) is 4.74 Å². The molecule has 2 bridgehead atoms. The van der Waals surface area contributed by atoms with Gasteiger partial charge in [0.25, 0.3) is 0 Å². The SMILES string of the molecule is C=CC(=O)N1[C@H](C)CN(c2nc(=O)n3c4c(c(-c5c(F)cc(F)cc5F)c(C)cc24)SCC(N2C[C@@H]4C[C@H]2CO4)C3)C[C@@H]1C. The first-order valence-electron chi connectivity index (χ1n) is 15.0. The lowest BCUT2D eigenvalue weighted by Crippen LogP contribution is -2.58. The molecule has 4 aliphatic rings. The van der Waals surface area contributed by atoms with Gasteiger partial charge in [-0.15, -0.1) is 11.8 Å². The Hall–Kier alpha value is -3.35. The molecule has 3 saturated heterocycles. The number of hydrogen-bond donors (Lipinski definition) is 0. The molecule has 4 aliphatic heterocycles. The van der Waals surface area contributed by atoms with Crippen LogP contribution in [0.1, 0.15) is 25.8 Å². The molecule has 5 heterocycles. The molecule has 44 heavy (non-hydrogen) atoms. The third-order valence-corrected chi connectivity index (χ3v) is 10.8. The third-order valence-electron chi connectivity index (χ3n) is 9.53. The van der Waals surface area contributed by atoms with Crippen molar-refractivity contribution in [2.24, 2.45) is 0 Å². The van der Waals surface area contributed by atoms with Gasteiger partial charge in [-0.2, -0.15) is 4.98 Å². The minimum Gasteiger partial charge on any atom is -0.375 e. The second kappa shape index (κ2) is 10.9. The van der Waals surface area contributed by atoms with E-state index in [-0.39, 0.29) is 41.7 Å². The normalized spacial score (nSPS) is 26.8. The number of piperazine rings is 1. The average molecular weight is 626 g/mol. The van der Waals surface area contributed by atoms with Crippen LogP contribution in [0.5, 0.6) is 0 Å². The summed E-state index contributed by atoms with van der Waals surface area (Å²) in [4.78, 5) is 38.0. The molecule has 2 aromatic carbocycles. The lowest BCUT2D eigenvalue weighted by Gasteiger charge is -2.44. The van der Waals surface area contributed by atoms with Gasteiger partial charge in [0.1, 0.15) is 23.3 Å². The maximum Gasteiger partial charge on any atom is 0.350 e. The highest BCUT2D eigenvalue weighted by Crippen LogP contribution is 2.46. The fourth-order valence-electron chi connectivity index (χ4n) is 7.72. The van der Waals surface area contributed by atoms with Gasteiger partial charge in [-0.25, -0.2) is 18.0 Å². The number of rotatable bonds is 4. The van der Waals surface area contributed by atoms with Crippen molar-refractivity contribution in [1.29, 1.82) is 0 Å². The highest BCUT2D eigenvalue weighted by Gasteiger charge is 2.43. The maximum absolute atomic E-state index is 15.4. The number of carbonyl (C=O) groups excluding carboxylic acids is 1. The fraction of sp³-hybridized carbons (Fsp3) is 0.469. The van der Waals surface area contributed by atoms with Crippen molar-refractivity contribution in [2.75, 3.05) is 36.9 Å². The van der Waals surface area contributed by atoms with E-state index in [0.717, 1.165) is 13.0 Å². The zero-order valence-corrected chi connectivity index (χ0v) is 25.7. The number of aryl methyl sites for hydroxylation is 1. The standard InChI is InChI=1S/C32H34F3N5O3S/c1-5-26(41)40-17(3)10-37(11-18(40)4)31-23-6-16(2)27(28-24(34)7-19(33)8-25(28)35)30-29(23)39(32(42)36-31)12-21(15-44-30)38-13-22-9-20(38)14-43-22/h5-8,17-18,20-22H,1,9-15H2,2-4H3/t17-,18+,20-,21?,22-/m0/s1. The molecule has 1 amide bonds. The van der Waals surface area contributed by atoms with Crippen LogP contribution < -0.4 is 10.6 Å². The molecule has 0 aliphatic carbocycles. The summed E-state index contributed by atoms with van der Waals surface area (Å²) < 4.78 is 52.2. The number of thioether (sulfide) groups is 1. The summed E-state index contributed by atoms with van der Waals surface area (Å²) in [5.41, 5.74) is 0.726. The number of morpholine rings is 1. The number of anilines is 1. The van der Waals surface area contributed by atoms with Crippen molar-refractivity contribution in [3.8, 4) is 11.1 Å². The first-order valence-corrected chi connectivity index (χ1v) is 16.0. The zero-order valence-electron chi connectivity index (χ0n) is 24.9. The van der Waals surface area contributed by atoms with E-state index in [0.29, 0.717) is 76.9 Å². The molecule has 1 aromatic heterocycles. The molecule has 3 aromatic rings. The van der Waals surface area contributed by atoms with Crippen LogP contribution in [-0.2, 0) is 16.1 Å². The van der Waals surface area contributed by atoms with Crippen molar-refractivity contribution < 1.29 is 22.7 Å². The number of nitrogens with zero attached hydrogens (tertiary/aromatic N) is 5. The zero-order chi connectivity index (χ0) is 31.0. The van der Waals surface area contributed by atoms with Gasteiger partial charge in [-0.3, -0.25) is 14.3 Å². The molecule has 1 unspecified atom stereocenters. The molecule has 0 N–H and O–H groups in total. The summed E-state index contributed by atoms with van der Waals surface area (Å²) in [5, 5.41) is 0.700. The van der Waals surface area contributed by atoms with Crippen LogP contribution in [-0.4, -0.2) is 87.5 Å². The van der Waals surface area contributed by atoms with Gasteiger partial charge >= 0.3 is 5.69 Å². The maximum atomic E-state index is 15.4. The predicted molar refractivity (Wildman–Crippen MR) is 164 cm³/mol. The van der Waals surface area contributed by atoms with Crippen LogP contribution in [0, 0.1) is 24.4 Å². The number of likely N-dealkylation sites (tertiary alicyclic amines) is 1. The van der Waals surface area contributed by atoms with Crippen LogP contribution in [0.2, 0.25) is 0 Å². The lowest BCUT2D eigenvalue weighted by atomic mass is 9.96. The highest BCUT2D eigenvalue weighted by atomic mass is 32.2. The summed E-state index contributed by atoms with van der Waals surface area (Å²) in [6.07, 6.45) is 2.43. The largest absolute Gasteiger partial charge is 0.375 e. The molecule has 0 spiro atoms. The van der Waals surface area contributed by atoms with Crippen molar-refractivity contribution in [3.05, 3.63) is 64.4 Å². The van der Waals surface area contributed by atoms with E-state index in [1.165, 1.54) is 17.8 Å². The Morgan fingerprint density at radius 1 is 1.05 bits per heavy atom. The molecular formula is C32H34F3N5O3S. The second-order valence-electron chi connectivity index (χ2n) is 12.4. The van der Waals surface area contributed by atoms with Gasteiger partial charge < -0.3 is 14.5 Å². The summed E-state index contributed by atoms with van der Waals surface area (Å²) in [6.45, 7) is 12.0. The van der Waals surface area contributed by atoms with E-state index in [2.05, 4.69) is 16.5 Å². The molecule has 8 nitrogen and oxygen atoms in total. The number of benzene rings is 2. The number of fused-ring (bicyclic) bond motifs is 2. The van der Waals surface area contributed by atoms with Crippen molar-refractivity contribution in [2.45, 2.75) is 68.9 Å². The number of ether oxygens (including phenoxy) is 1. The molecule has 12 heteroatoms. The summed E-state index contributed by atoms with van der Waals surface area (Å²) in [5.74, 6) is -2.07. The van der Waals surface area contributed by atoms with Gasteiger partial charge in [0.2, 0.25) is 5.91 Å². The predicted octanol–water partition coefficient (Wildman–Crippen LogP) is 4.35. The topological polar surface area (TPSA) is 70.9 Å². The number of amides is 1. The van der Waals surface area contributed by atoms with Crippen molar-refractivity contribution in [3.63, 3.8) is 0 Å². The van der Waals surface area contributed by atoms with Crippen molar-refractivity contribution in [1.82, 2.24) is 19.4 Å². The molecular weight excluding hydrogens is 591 g/mol. The number of carbonyl (C=O) groups is 1. The van der Waals surface area contributed by atoms with Crippen LogP contribution >= 0.6 is 11.8 Å². The molecule has 0 radical (unpaired) electrons. The van der Waals surface area contributed by atoms with Gasteiger partial charge in [-0.05, 0) is 44.9 Å². The van der Waals surface area contributed by atoms with Crippen LogP contribution in [0.4, 0.5) is 19.0 Å². The molecule has 5 atom stereocenters. The summed E-state index contributed by atoms with van der Waals surface area (Å²) >= 11 is 1.47. The van der Waals surface area contributed by atoms with Crippen molar-refractivity contribution >= 4 is 34.4 Å². The van der Waals surface area contributed by atoms with Crippen LogP contribution in [0.3, 0.4) is 0 Å².